The van der Waals surface area contributed by atoms with Crippen LogP contribution in [0.4, 0.5) is 10.1 Å². The molecule has 0 spiro atoms. The van der Waals surface area contributed by atoms with E-state index in [0.29, 0.717) is 17.8 Å². The van der Waals surface area contributed by atoms with Gasteiger partial charge in [0.15, 0.2) is 5.76 Å². The predicted octanol–water partition coefficient (Wildman–Crippen LogP) is 4.41. The molecule has 2 aromatic carbocycles. The van der Waals surface area contributed by atoms with E-state index in [0.717, 1.165) is 19.6 Å². The molecule has 3 rings (SSSR count). The van der Waals surface area contributed by atoms with Crippen LogP contribution in [0.3, 0.4) is 0 Å². The Morgan fingerprint density at radius 2 is 1.65 bits per heavy atom. The van der Waals surface area contributed by atoms with Gasteiger partial charge in [0, 0.05) is 24.3 Å². The van der Waals surface area contributed by atoms with Crippen molar-refractivity contribution in [2.24, 2.45) is 0 Å². The molecule has 2 amide bonds. The lowest BCUT2D eigenvalue weighted by molar-refractivity contribution is 0.0948. The van der Waals surface area contributed by atoms with Crippen molar-refractivity contribution in [3.63, 3.8) is 0 Å². The molecule has 0 aliphatic heterocycles. The largest absolute Gasteiger partial charge is 0.451 e. The van der Waals surface area contributed by atoms with E-state index in [1.165, 1.54) is 12.1 Å². The van der Waals surface area contributed by atoms with E-state index in [9.17, 15) is 14.0 Å². The Bertz CT molecular complexity index is 1030. The number of nitrogens with one attached hydrogen (secondary N) is 2. The maximum Gasteiger partial charge on any atom is 0.291 e. The van der Waals surface area contributed by atoms with Crippen molar-refractivity contribution in [1.29, 1.82) is 0 Å². The predicted molar refractivity (Wildman–Crippen MR) is 119 cm³/mol. The minimum atomic E-state index is -0.459. The summed E-state index contributed by atoms with van der Waals surface area (Å²) in [5.41, 5.74) is 1.32. The average molecular weight is 423 g/mol. The molecule has 0 saturated heterocycles. The van der Waals surface area contributed by atoms with Gasteiger partial charge in [-0.2, -0.15) is 0 Å². The van der Waals surface area contributed by atoms with Gasteiger partial charge in [0.1, 0.15) is 11.6 Å². The summed E-state index contributed by atoms with van der Waals surface area (Å²) in [5, 5.41) is 5.61. The van der Waals surface area contributed by atoms with Crippen molar-refractivity contribution in [2.75, 3.05) is 31.5 Å². The lowest BCUT2D eigenvalue weighted by Gasteiger charge is -2.17. The van der Waals surface area contributed by atoms with Crippen LogP contribution in [0.25, 0.3) is 11.3 Å². The van der Waals surface area contributed by atoms with Gasteiger partial charge in [-0.3, -0.25) is 9.59 Å². The van der Waals surface area contributed by atoms with Crippen LogP contribution in [0.5, 0.6) is 0 Å². The summed E-state index contributed by atoms with van der Waals surface area (Å²) in [6.45, 7) is 7.42. The first-order chi connectivity index (χ1) is 15.0. The molecule has 2 N–H and O–H groups in total. The van der Waals surface area contributed by atoms with Crippen LogP contribution >= 0.6 is 0 Å². The Kier molecular flexibility index (Phi) is 7.56. The number of carbonyl (C=O) groups is 2. The Morgan fingerprint density at radius 1 is 0.935 bits per heavy atom. The molecule has 0 unspecified atom stereocenters. The molecule has 0 bridgehead atoms. The zero-order chi connectivity index (χ0) is 22.2. The summed E-state index contributed by atoms with van der Waals surface area (Å²) in [7, 11) is 0. The molecular weight excluding hydrogens is 397 g/mol. The molecule has 0 aliphatic carbocycles. The van der Waals surface area contributed by atoms with Gasteiger partial charge in [-0.25, -0.2) is 4.39 Å². The fraction of sp³-hybridized carbons (Fsp3) is 0.250. The Hall–Kier alpha value is -3.45. The smallest absolute Gasteiger partial charge is 0.291 e. The van der Waals surface area contributed by atoms with Crippen LogP contribution in [0, 0.1) is 5.82 Å². The van der Waals surface area contributed by atoms with Crippen LogP contribution in [-0.4, -0.2) is 42.9 Å². The van der Waals surface area contributed by atoms with Gasteiger partial charge < -0.3 is 20.0 Å². The highest BCUT2D eigenvalue weighted by Crippen LogP contribution is 2.25. The van der Waals surface area contributed by atoms with E-state index in [1.807, 2.05) is 0 Å². The van der Waals surface area contributed by atoms with Crippen molar-refractivity contribution in [1.82, 2.24) is 10.2 Å². The molecular formula is C24H26FN3O3. The number of amides is 2. The zero-order valence-electron chi connectivity index (χ0n) is 17.7. The monoisotopic (exact) mass is 423 g/mol. The summed E-state index contributed by atoms with van der Waals surface area (Å²) in [6, 6.07) is 15.8. The first kappa shape index (κ1) is 22.2. The standard InChI is InChI=1S/C24H26FN3O3/c1-3-28(4-2)16-15-26-23(29)17-9-11-18(12-10-17)27-24(30)22-14-13-21(31-22)19-7-5-6-8-20(19)25/h5-14H,3-4,15-16H2,1-2H3,(H,26,29)(H,27,30). The number of likely N-dealkylation sites (N-methyl/N-ethyl adjacent to an activating group) is 1. The highest BCUT2D eigenvalue weighted by molar-refractivity contribution is 6.03. The first-order valence-corrected chi connectivity index (χ1v) is 10.3. The number of halogens is 1. The molecule has 0 radical (unpaired) electrons. The minimum absolute atomic E-state index is 0.0662. The molecule has 1 heterocycles. The normalized spacial score (nSPS) is 10.8. The van der Waals surface area contributed by atoms with Gasteiger partial charge in [-0.1, -0.05) is 26.0 Å². The highest BCUT2D eigenvalue weighted by Gasteiger charge is 2.15. The van der Waals surface area contributed by atoms with E-state index in [2.05, 4.69) is 29.4 Å². The van der Waals surface area contributed by atoms with Gasteiger partial charge >= 0.3 is 0 Å². The van der Waals surface area contributed by atoms with E-state index in [-0.39, 0.29) is 23.0 Å². The number of nitrogens with zero attached hydrogens (tertiary/aromatic N) is 1. The van der Waals surface area contributed by atoms with Crippen molar-refractivity contribution in [2.45, 2.75) is 13.8 Å². The maximum atomic E-state index is 13.9. The van der Waals surface area contributed by atoms with E-state index >= 15 is 0 Å². The summed E-state index contributed by atoms with van der Waals surface area (Å²) in [6.07, 6.45) is 0. The average Bonchev–Trinajstić information content (AvgIpc) is 3.27. The number of hydrogen-bond donors (Lipinski definition) is 2. The molecule has 0 saturated carbocycles. The Morgan fingerprint density at radius 3 is 2.32 bits per heavy atom. The molecule has 7 heteroatoms. The van der Waals surface area contributed by atoms with Gasteiger partial charge in [-0.15, -0.1) is 0 Å². The quantitative estimate of drug-likeness (QED) is 0.535. The first-order valence-electron chi connectivity index (χ1n) is 10.3. The maximum absolute atomic E-state index is 13.9. The lowest BCUT2D eigenvalue weighted by atomic mass is 10.1. The second kappa shape index (κ2) is 10.5. The van der Waals surface area contributed by atoms with E-state index in [1.54, 1.807) is 48.5 Å². The summed E-state index contributed by atoms with van der Waals surface area (Å²) in [4.78, 5) is 26.9. The Labute approximate surface area is 181 Å². The Balaban J connectivity index is 1.57. The van der Waals surface area contributed by atoms with E-state index in [4.69, 9.17) is 4.42 Å². The lowest BCUT2D eigenvalue weighted by Crippen LogP contribution is -2.34. The SMILES string of the molecule is CCN(CC)CCNC(=O)c1ccc(NC(=O)c2ccc(-c3ccccc3F)o2)cc1. The van der Waals surface area contributed by atoms with Crippen LogP contribution < -0.4 is 10.6 Å². The van der Waals surface area contributed by atoms with Crippen LogP contribution in [-0.2, 0) is 0 Å². The molecule has 31 heavy (non-hydrogen) atoms. The third-order valence-corrected chi connectivity index (χ3v) is 4.98. The van der Waals surface area contributed by atoms with Crippen LogP contribution in [0.2, 0.25) is 0 Å². The van der Waals surface area contributed by atoms with Gasteiger partial charge in [0.05, 0.1) is 5.56 Å². The van der Waals surface area contributed by atoms with Crippen molar-refractivity contribution >= 4 is 17.5 Å². The molecule has 0 atom stereocenters. The number of carbonyl (C=O) groups excluding carboxylic acids is 2. The van der Waals surface area contributed by atoms with Crippen molar-refractivity contribution in [3.05, 3.63) is 77.8 Å². The van der Waals surface area contributed by atoms with Crippen molar-refractivity contribution < 1.29 is 18.4 Å². The second-order valence-electron chi connectivity index (χ2n) is 6.96. The van der Waals surface area contributed by atoms with E-state index < -0.39 is 11.7 Å². The molecule has 0 fully saturated rings. The molecule has 3 aromatic rings. The summed E-state index contributed by atoms with van der Waals surface area (Å²) < 4.78 is 19.4. The third-order valence-electron chi connectivity index (χ3n) is 4.98. The zero-order valence-corrected chi connectivity index (χ0v) is 17.7. The number of hydrogen-bond acceptors (Lipinski definition) is 4. The molecule has 162 valence electrons. The number of furan rings is 1. The molecule has 6 nitrogen and oxygen atoms in total. The van der Waals surface area contributed by atoms with Gasteiger partial charge in [0.2, 0.25) is 0 Å². The summed E-state index contributed by atoms with van der Waals surface area (Å²) in [5.74, 6) is -0.698. The number of benzene rings is 2. The number of anilines is 1. The van der Waals surface area contributed by atoms with Crippen molar-refractivity contribution in [3.8, 4) is 11.3 Å². The highest BCUT2D eigenvalue weighted by atomic mass is 19.1. The van der Waals surface area contributed by atoms with Gasteiger partial charge in [-0.05, 0) is 61.6 Å². The molecule has 1 aromatic heterocycles. The number of rotatable bonds is 9. The topological polar surface area (TPSA) is 74.6 Å². The fourth-order valence-corrected chi connectivity index (χ4v) is 3.13. The molecule has 0 aliphatic rings. The van der Waals surface area contributed by atoms with Gasteiger partial charge in [0.25, 0.3) is 11.8 Å². The second-order valence-corrected chi connectivity index (χ2v) is 6.96. The van der Waals surface area contributed by atoms with Crippen LogP contribution in [0.15, 0.2) is 65.1 Å². The van der Waals surface area contributed by atoms with Crippen LogP contribution in [0.1, 0.15) is 34.8 Å². The summed E-state index contributed by atoms with van der Waals surface area (Å²) >= 11 is 0. The third kappa shape index (κ3) is 5.79. The fourth-order valence-electron chi connectivity index (χ4n) is 3.13. The minimum Gasteiger partial charge on any atom is -0.451 e.